The molecule has 0 unspecified atom stereocenters. The Labute approximate surface area is 147 Å². The summed E-state index contributed by atoms with van der Waals surface area (Å²) < 4.78 is 5.66. The lowest BCUT2D eigenvalue weighted by Crippen LogP contribution is -2.54. The molecule has 0 aromatic heterocycles. The molecule has 0 aliphatic carbocycles. The zero-order valence-corrected chi connectivity index (χ0v) is 15.9. The molecule has 1 aromatic rings. The number of ether oxygens (including phenoxy) is 1. The van der Waals surface area contributed by atoms with Gasteiger partial charge in [-0.2, -0.15) is 0 Å². The van der Waals surface area contributed by atoms with Gasteiger partial charge in [-0.3, -0.25) is 0 Å². The summed E-state index contributed by atoms with van der Waals surface area (Å²) in [4.78, 5) is 2.34. The summed E-state index contributed by atoms with van der Waals surface area (Å²) in [7, 11) is 2.14. The topological polar surface area (TPSA) is 44.7 Å². The summed E-state index contributed by atoms with van der Waals surface area (Å²) in [6.45, 7) is 11.1. The first-order valence-electron chi connectivity index (χ1n) is 9.19. The molecule has 24 heavy (non-hydrogen) atoms. The molecule has 2 rings (SSSR count). The number of hydrogen-bond acceptors (Lipinski definition) is 4. The van der Waals surface area contributed by atoms with Gasteiger partial charge < -0.3 is 20.1 Å². The van der Waals surface area contributed by atoms with E-state index in [0.29, 0.717) is 12.0 Å². The monoisotopic (exact) mass is 334 g/mol. The highest BCUT2D eigenvalue weighted by molar-refractivity contribution is 5.27. The van der Waals surface area contributed by atoms with Gasteiger partial charge in [-0.05, 0) is 70.8 Å². The molecule has 1 aromatic carbocycles. The SMILES string of the molecule is CC(C)Oc1ccc(CNCC[C@]2(O)C[C@H](C)N(C)C[C@H]2C)cc1. The molecule has 1 aliphatic heterocycles. The summed E-state index contributed by atoms with van der Waals surface area (Å²) in [6, 6.07) is 8.68. The van der Waals surface area contributed by atoms with Crippen LogP contribution in [0.4, 0.5) is 0 Å². The van der Waals surface area contributed by atoms with Crippen molar-refractivity contribution in [2.75, 3.05) is 20.1 Å². The van der Waals surface area contributed by atoms with Crippen molar-refractivity contribution in [3.63, 3.8) is 0 Å². The van der Waals surface area contributed by atoms with E-state index in [1.165, 1.54) is 5.56 Å². The van der Waals surface area contributed by atoms with Crippen molar-refractivity contribution in [3.05, 3.63) is 29.8 Å². The molecule has 0 saturated carbocycles. The lowest BCUT2D eigenvalue weighted by Gasteiger charge is -2.46. The molecule has 1 heterocycles. The predicted octanol–water partition coefficient (Wildman–Crippen LogP) is 3.04. The standard InChI is InChI=1S/C20H34N2O2/c1-15(2)24-19-8-6-18(7-9-19)13-21-11-10-20(23)12-17(4)22(5)14-16(20)3/h6-9,15-17,21,23H,10-14H2,1-5H3/t16-,17+,20+/m1/s1. The Hall–Kier alpha value is -1.10. The van der Waals surface area contributed by atoms with Crippen LogP contribution in [0.2, 0.25) is 0 Å². The van der Waals surface area contributed by atoms with Crippen LogP contribution in [0.25, 0.3) is 0 Å². The van der Waals surface area contributed by atoms with Gasteiger partial charge >= 0.3 is 0 Å². The number of nitrogens with zero attached hydrogens (tertiary/aromatic N) is 1. The minimum absolute atomic E-state index is 0.202. The first-order valence-corrected chi connectivity index (χ1v) is 9.19. The van der Waals surface area contributed by atoms with Crippen molar-refractivity contribution in [3.8, 4) is 5.75 Å². The molecular weight excluding hydrogens is 300 g/mol. The molecule has 0 amide bonds. The molecule has 1 saturated heterocycles. The van der Waals surface area contributed by atoms with Gasteiger partial charge in [-0.25, -0.2) is 0 Å². The Balaban J connectivity index is 1.76. The van der Waals surface area contributed by atoms with Crippen LogP contribution in [0.3, 0.4) is 0 Å². The molecule has 3 atom stereocenters. The van der Waals surface area contributed by atoms with Gasteiger partial charge in [0.2, 0.25) is 0 Å². The number of hydrogen-bond donors (Lipinski definition) is 2. The Morgan fingerprint density at radius 1 is 1.29 bits per heavy atom. The first kappa shape index (κ1) is 19.2. The van der Waals surface area contributed by atoms with Crippen molar-refractivity contribution >= 4 is 0 Å². The fourth-order valence-electron chi connectivity index (χ4n) is 3.49. The van der Waals surface area contributed by atoms with E-state index in [2.05, 4.69) is 43.2 Å². The van der Waals surface area contributed by atoms with E-state index in [1.807, 2.05) is 26.0 Å². The fourth-order valence-corrected chi connectivity index (χ4v) is 3.49. The number of benzene rings is 1. The molecule has 0 bridgehead atoms. The summed E-state index contributed by atoms with van der Waals surface area (Å²) >= 11 is 0. The van der Waals surface area contributed by atoms with E-state index in [9.17, 15) is 5.11 Å². The second kappa shape index (κ2) is 8.32. The van der Waals surface area contributed by atoms with Crippen molar-refractivity contribution in [1.82, 2.24) is 10.2 Å². The lowest BCUT2D eigenvalue weighted by molar-refractivity contribution is -0.0831. The van der Waals surface area contributed by atoms with E-state index < -0.39 is 5.60 Å². The van der Waals surface area contributed by atoms with Crippen LogP contribution in [0.1, 0.15) is 46.1 Å². The van der Waals surface area contributed by atoms with Gasteiger partial charge in [0, 0.05) is 19.1 Å². The highest BCUT2D eigenvalue weighted by Crippen LogP contribution is 2.33. The summed E-state index contributed by atoms with van der Waals surface area (Å²) in [5, 5.41) is 14.4. The molecule has 4 heteroatoms. The van der Waals surface area contributed by atoms with Crippen LogP contribution >= 0.6 is 0 Å². The second-order valence-corrected chi connectivity index (χ2v) is 7.73. The highest BCUT2D eigenvalue weighted by atomic mass is 16.5. The van der Waals surface area contributed by atoms with Crippen molar-refractivity contribution in [2.45, 2.75) is 64.8 Å². The predicted molar refractivity (Wildman–Crippen MR) is 99.4 cm³/mol. The number of piperidine rings is 1. The van der Waals surface area contributed by atoms with Crippen LogP contribution in [0.15, 0.2) is 24.3 Å². The zero-order valence-electron chi connectivity index (χ0n) is 15.9. The van der Waals surface area contributed by atoms with Crippen LogP contribution in [-0.2, 0) is 6.54 Å². The van der Waals surface area contributed by atoms with Crippen LogP contribution in [0.5, 0.6) is 5.75 Å². The Kier molecular flexibility index (Phi) is 6.67. The van der Waals surface area contributed by atoms with E-state index in [1.54, 1.807) is 0 Å². The van der Waals surface area contributed by atoms with Crippen LogP contribution in [-0.4, -0.2) is 47.9 Å². The molecule has 4 nitrogen and oxygen atoms in total. The van der Waals surface area contributed by atoms with E-state index in [0.717, 1.165) is 38.2 Å². The Morgan fingerprint density at radius 3 is 2.58 bits per heavy atom. The maximum absolute atomic E-state index is 11.0. The van der Waals surface area contributed by atoms with Gasteiger partial charge in [0.1, 0.15) is 5.75 Å². The Morgan fingerprint density at radius 2 is 1.96 bits per heavy atom. The average molecular weight is 335 g/mol. The fraction of sp³-hybridized carbons (Fsp3) is 0.700. The third-order valence-corrected chi connectivity index (χ3v) is 5.24. The molecule has 2 N–H and O–H groups in total. The molecule has 0 radical (unpaired) electrons. The van der Waals surface area contributed by atoms with Crippen molar-refractivity contribution < 1.29 is 9.84 Å². The smallest absolute Gasteiger partial charge is 0.119 e. The number of aliphatic hydroxyl groups is 1. The van der Waals surface area contributed by atoms with Gasteiger partial charge in [0.25, 0.3) is 0 Å². The van der Waals surface area contributed by atoms with Crippen LogP contribution < -0.4 is 10.1 Å². The second-order valence-electron chi connectivity index (χ2n) is 7.73. The van der Waals surface area contributed by atoms with E-state index >= 15 is 0 Å². The molecular formula is C20H34N2O2. The molecule has 1 fully saturated rings. The van der Waals surface area contributed by atoms with Crippen LogP contribution in [0, 0.1) is 5.92 Å². The lowest BCUT2D eigenvalue weighted by atomic mass is 9.77. The third kappa shape index (κ3) is 5.20. The number of rotatable bonds is 7. The van der Waals surface area contributed by atoms with Crippen molar-refractivity contribution in [2.24, 2.45) is 5.92 Å². The van der Waals surface area contributed by atoms with Gasteiger partial charge in [-0.1, -0.05) is 19.1 Å². The van der Waals surface area contributed by atoms with Gasteiger partial charge in [-0.15, -0.1) is 0 Å². The molecule has 1 aliphatic rings. The Bertz CT molecular complexity index is 503. The molecule has 0 spiro atoms. The van der Waals surface area contributed by atoms with E-state index in [4.69, 9.17) is 4.74 Å². The maximum atomic E-state index is 11.0. The summed E-state index contributed by atoms with van der Waals surface area (Å²) in [6.07, 6.45) is 1.86. The number of likely N-dealkylation sites (tertiary alicyclic amines) is 1. The van der Waals surface area contributed by atoms with E-state index in [-0.39, 0.29) is 6.10 Å². The summed E-state index contributed by atoms with van der Waals surface area (Å²) in [5.41, 5.74) is 0.691. The highest BCUT2D eigenvalue weighted by Gasteiger charge is 2.40. The van der Waals surface area contributed by atoms with Crippen molar-refractivity contribution in [1.29, 1.82) is 0 Å². The largest absolute Gasteiger partial charge is 0.491 e. The maximum Gasteiger partial charge on any atom is 0.119 e. The zero-order chi connectivity index (χ0) is 17.7. The normalized spacial score (nSPS) is 28.3. The summed E-state index contributed by atoms with van der Waals surface area (Å²) in [5.74, 6) is 1.23. The quantitative estimate of drug-likeness (QED) is 0.752. The van der Waals surface area contributed by atoms with Gasteiger partial charge in [0.15, 0.2) is 0 Å². The number of nitrogens with one attached hydrogen (secondary N) is 1. The van der Waals surface area contributed by atoms with Gasteiger partial charge in [0.05, 0.1) is 11.7 Å². The minimum atomic E-state index is -0.548. The molecule has 136 valence electrons. The first-order chi connectivity index (χ1) is 11.3. The third-order valence-electron chi connectivity index (χ3n) is 5.24. The average Bonchev–Trinajstić information content (AvgIpc) is 2.51. The minimum Gasteiger partial charge on any atom is -0.491 e.